The van der Waals surface area contributed by atoms with Gasteiger partial charge in [0.1, 0.15) is 11.9 Å². The number of halogens is 2. The van der Waals surface area contributed by atoms with E-state index in [9.17, 15) is 8.42 Å². The van der Waals surface area contributed by atoms with Gasteiger partial charge < -0.3 is 15.8 Å². The van der Waals surface area contributed by atoms with Crippen molar-refractivity contribution in [3.63, 3.8) is 0 Å². The Balaban J connectivity index is 0.000000185. The molecule has 0 amide bonds. The molecule has 4 rings (SSSR count). The summed E-state index contributed by atoms with van der Waals surface area (Å²) in [4.78, 5) is 0.166. The Morgan fingerprint density at radius 2 is 1.81 bits per heavy atom. The second-order valence-electron chi connectivity index (χ2n) is 6.20. The molecule has 2 heterocycles. The predicted molar refractivity (Wildman–Crippen MR) is 103 cm³/mol. The molecule has 26 heavy (non-hydrogen) atoms. The molecule has 2 aliphatic heterocycles. The normalized spacial score (nSPS) is 21.0. The molecule has 2 aromatic rings. The molecule has 2 unspecified atom stereocenters. The van der Waals surface area contributed by atoms with Crippen LogP contribution in [0.3, 0.4) is 0 Å². The first kappa shape index (κ1) is 19.3. The number of sulfonamides is 1. The van der Waals surface area contributed by atoms with E-state index >= 15 is 0 Å². The van der Waals surface area contributed by atoms with Crippen LogP contribution in [0, 0.1) is 0 Å². The summed E-state index contributed by atoms with van der Waals surface area (Å²) in [5, 5.41) is 9.54. The molecular formula is C17H19Cl2N3O3S. The third kappa shape index (κ3) is 4.42. The van der Waals surface area contributed by atoms with Gasteiger partial charge in [0.25, 0.3) is 0 Å². The molecule has 0 saturated carbocycles. The molecule has 6 nitrogen and oxygen atoms in total. The van der Waals surface area contributed by atoms with Crippen LogP contribution in [0.5, 0.6) is 5.75 Å². The number of rotatable bonds is 1. The van der Waals surface area contributed by atoms with Crippen molar-refractivity contribution in [1.82, 2.24) is 5.32 Å². The van der Waals surface area contributed by atoms with E-state index < -0.39 is 10.0 Å². The number of nitrogen functional groups attached to an aromatic ring is 1. The van der Waals surface area contributed by atoms with Crippen molar-refractivity contribution in [2.45, 2.75) is 23.3 Å². The molecule has 140 valence electrons. The maximum Gasteiger partial charge on any atom is 0.238 e. The fourth-order valence-electron chi connectivity index (χ4n) is 3.15. The van der Waals surface area contributed by atoms with Crippen molar-refractivity contribution >= 4 is 38.9 Å². The molecule has 2 atom stereocenters. The molecule has 2 aliphatic rings. The molecule has 0 aliphatic carbocycles. The number of benzene rings is 2. The van der Waals surface area contributed by atoms with Crippen molar-refractivity contribution < 1.29 is 13.2 Å². The minimum atomic E-state index is -3.63. The molecule has 1 saturated heterocycles. The smallest absolute Gasteiger partial charge is 0.238 e. The van der Waals surface area contributed by atoms with E-state index in [2.05, 4.69) is 5.32 Å². The maximum atomic E-state index is 11.3. The molecule has 0 bridgehead atoms. The summed E-state index contributed by atoms with van der Waals surface area (Å²) in [6.07, 6.45) is 1.08. The van der Waals surface area contributed by atoms with Gasteiger partial charge in [-0.05, 0) is 49.4 Å². The summed E-state index contributed by atoms with van der Waals surface area (Å²) in [7, 11) is -3.63. The van der Waals surface area contributed by atoms with Gasteiger partial charge in [0.15, 0.2) is 0 Å². The number of piperidine rings is 1. The second-order valence-corrected chi connectivity index (χ2v) is 8.64. The Kier molecular flexibility index (Phi) is 5.64. The van der Waals surface area contributed by atoms with E-state index in [0.717, 1.165) is 30.8 Å². The van der Waals surface area contributed by atoms with Crippen LogP contribution in [0.15, 0.2) is 41.3 Å². The second kappa shape index (κ2) is 7.62. The number of ether oxygens (including phenoxy) is 1. The highest BCUT2D eigenvalue weighted by molar-refractivity contribution is 7.89. The zero-order valence-corrected chi connectivity index (χ0v) is 16.1. The van der Waals surface area contributed by atoms with Crippen LogP contribution < -0.4 is 20.9 Å². The van der Waals surface area contributed by atoms with Crippen LogP contribution in [-0.4, -0.2) is 27.6 Å². The average Bonchev–Trinajstić information content (AvgIpc) is 2.91. The SMILES string of the molecule is NS(=O)(=O)c1ccc2c(c1)C1CCNCC1O2.Nc1cc(Cl)cc(Cl)c1. The summed E-state index contributed by atoms with van der Waals surface area (Å²) in [6, 6.07) is 9.79. The van der Waals surface area contributed by atoms with E-state index in [1.807, 2.05) is 0 Å². The lowest BCUT2D eigenvalue weighted by atomic mass is 9.90. The van der Waals surface area contributed by atoms with Gasteiger partial charge in [0.2, 0.25) is 10.0 Å². The Labute approximate surface area is 162 Å². The van der Waals surface area contributed by atoms with Crippen LogP contribution >= 0.6 is 23.2 Å². The van der Waals surface area contributed by atoms with Gasteiger partial charge in [-0.25, -0.2) is 13.6 Å². The molecule has 0 aromatic heterocycles. The molecule has 9 heteroatoms. The molecule has 0 radical (unpaired) electrons. The standard InChI is InChI=1S/C11H14N2O3S.C6H5Cl2N/c12-17(14,15)7-1-2-10-9(5-7)8-3-4-13-6-11(8)16-10;7-4-1-5(8)3-6(9)2-4/h1-2,5,8,11,13H,3-4,6H2,(H2,12,14,15);1-3H,9H2. The van der Waals surface area contributed by atoms with E-state index in [0.29, 0.717) is 15.7 Å². The van der Waals surface area contributed by atoms with Crippen LogP contribution in [0.1, 0.15) is 17.9 Å². The van der Waals surface area contributed by atoms with E-state index in [1.165, 1.54) is 6.07 Å². The lowest BCUT2D eigenvalue weighted by Gasteiger charge is -2.24. The largest absolute Gasteiger partial charge is 0.488 e. The summed E-state index contributed by atoms with van der Waals surface area (Å²) < 4.78 is 28.4. The maximum absolute atomic E-state index is 11.3. The Bertz CT molecular complexity index is 871. The number of hydrogen-bond donors (Lipinski definition) is 3. The minimum absolute atomic E-state index is 0.120. The third-order valence-corrected chi connectivity index (χ3v) is 5.65. The highest BCUT2D eigenvalue weighted by atomic mass is 35.5. The van der Waals surface area contributed by atoms with Gasteiger partial charge in [-0.3, -0.25) is 0 Å². The van der Waals surface area contributed by atoms with Crippen LogP contribution in [0.4, 0.5) is 5.69 Å². The molecule has 5 N–H and O–H groups in total. The zero-order chi connectivity index (χ0) is 18.9. The molecular weight excluding hydrogens is 397 g/mol. The first-order chi connectivity index (χ1) is 12.2. The average molecular weight is 416 g/mol. The van der Waals surface area contributed by atoms with Crippen molar-refractivity contribution in [1.29, 1.82) is 0 Å². The number of primary sulfonamides is 1. The number of nitrogens with one attached hydrogen (secondary N) is 1. The fraction of sp³-hybridized carbons (Fsp3) is 0.294. The Morgan fingerprint density at radius 3 is 2.42 bits per heavy atom. The van der Waals surface area contributed by atoms with Gasteiger partial charge in [-0.15, -0.1) is 0 Å². The molecule has 0 spiro atoms. The fourth-order valence-corrected chi connectivity index (χ4v) is 4.24. The van der Waals surface area contributed by atoms with E-state index in [-0.39, 0.29) is 16.9 Å². The van der Waals surface area contributed by atoms with Crippen molar-refractivity contribution in [3.8, 4) is 5.75 Å². The van der Waals surface area contributed by atoms with Gasteiger partial charge in [-0.1, -0.05) is 23.2 Å². The lowest BCUT2D eigenvalue weighted by molar-refractivity contribution is 0.177. The molecule has 2 aromatic carbocycles. The van der Waals surface area contributed by atoms with Crippen molar-refractivity contribution in [2.75, 3.05) is 18.8 Å². The van der Waals surface area contributed by atoms with Gasteiger partial charge in [0.05, 0.1) is 4.90 Å². The lowest BCUT2D eigenvalue weighted by Crippen LogP contribution is -2.39. The minimum Gasteiger partial charge on any atom is -0.488 e. The van der Waals surface area contributed by atoms with E-state index in [4.69, 9.17) is 38.8 Å². The zero-order valence-electron chi connectivity index (χ0n) is 13.8. The number of hydrogen-bond acceptors (Lipinski definition) is 5. The third-order valence-electron chi connectivity index (χ3n) is 4.30. The van der Waals surface area contributed by atoms with Crippen LogP contribution in [-0.2, 0) is 10.0 Å². The quantitative estimate of drug-likeness (QED) is 0.620. The van der Waals surface area contributed by atoms with Gasteiger partial charge in [0, 0.05) is 33.8 Å². The van der Waals surface area contributed by atoms with Gasteiger partial charge >= 0.3 is 0 Å². The number of anilines is 1. The predicted octanol–water partition coefficient (Wildman–Crippen LogP) is 2.75. The van der Waals surface area contributed by atoms with Crippen LogP contribution in [0.25, 0.3) is 0 Å². The first-order valence-electron chi connectivity index (χ1n) is 8.00. The summed E-state index contributed by atoms with van der Waals surface area (Å²) in [6.45, 7) is 1.74. The number of nitrogens with two attached hydrogens (primary N) is 2. The van der Waals surface area contributed by atoms with Crippen molar-refractivity contribution in [3.05, 3.63) is 52.0 Å². The highest BCUT2D eigenvalue weighted by Crippen LogP contribution is 2.42. The summed E-state index contributed by atoms with van der Waals surface area (Å²) >= 11 is 11.2. The first-order valence-corrected chi connectivity index (χ1v) is 10.3. The van der Waals surface area contributed by atoms with E-state index in [1.54, 1.807) is 30.3 Å². The Hall–Kier alpha value is -1.51. The molecule has 1 fully saturated rings. The number of fused-ring (bicyclic) bond motifs is 3. The summed E-state index contributed by atoms with van der Waals surface area (Å²) in [5.74, 6) is 1.07. The topological polar surface area (TPSA) is 107 Å². The van der Waals surface area contributed by atoms with Crippen molar-refractivity contribution in [2.24, 2.45) is 5.14 Å². The highest BCUT2D eigenvalue weighted by Gasteiger charge is 2.36. The monoisotopic (exact) mass is 415 g/mol. The van der Waals surface area contributed by atoms with Gasteiger partial charge in [-0.2, -0.15) is 0 Å². The Morgan fingerprint density at radius 1 is 1.12 bits per heavy atom. The van der Waals surface area contributed by atoms with Crippen LogP contribution in [0.2, 0.25) is 10.0 Å². The summed E-state index contributed by atoms with van der Waals surface area (Å²) in [5.41, 5.74) is 6.96.